The topological polar surface area (TPSA) is 49.3 Å². The van der Waals surface area contributed by atoms with E-state index >= 15 is 0 Å². The number of carboxylic acid groups (broad SMARTS) is 1. The summed E-state index contributed by atoms with van der Waals surface area (Å²) in [4.78, 5) is 11.0. The van der Waals surface area contributed by atoms with E-state index in [-0.39, 0.29) is 0 Å². The first-order chi connectivity index (χ1) is 8.19. The second kappa shape index (κ2) is 7.35. The van der Waals surface area contributed by atoms with E-state index in [1.54, 1.807) is 23.9 Å². The zero-order valence-corrected chi connectivity index (χ0v) is 11.1. The average molecular weight is 253 g/mol. The minimum Gasteiger partial charge on any atom is -0.478 e. The first kappa shape index (κ1) is 14.1. The van der Waals surface area contributed by atoms with E-state index in [1.165, 1.54) is 0 Å². The van der Waals surface area contributed by atoms with Crippen molar-refractivity contribution in [1.29, 1.82) is 0 Å². The fourth-order valence-electron chi connectivity index (χ4n) is 1.66. The van der Waals surface area contributed by atoms with Crippen LogP contribution in [0.2, 0.25) is 0 Å². The van der Waals surface area contributed by atoms with Gasteiger partial charge in [0.1, 0.15) is 0 Å². The number of rotatable bonds is 7. The van der Waals surface area contributed by atoms with E-state index in [0.717, 1.165) is 17.7 Å². The highest BCUT2D eigenvalue weighted by molar-refractivity contribution is 7.98. The average Bonchev–Trinajstić information content (AvgIpc) is 2.34. The van der Waals surface area contributed by atoms with Gasteiger partial charge in [-0.3, -0.25) is 0 Å². The molecule has 0 saturated carbocycles. The quantitative estimate of drug-likeness (QED) is 0.784. The lowest BCUT2D eigenvalue weighted by atomic mass is 10.1. The molecule has 0 fully saturated rings. The molecule has 17 heavy (non-hydrogen) atoms. The highest BCUT2D eigenvalue weighted by Crippen LogP contribution is 2.10. The maximum absolute atomic E-state index is 11.0. The Hall–Kier alpha value is -1.00. The van der Waals surface area contributed by atoms with Crippen molar-refractivity contribution < 1.29 is 9.90 Å². The summed E-state index contributed by atoms with van der Waals surface area (Å²) in [5, 5.41) is 12.5. The van der Waals surface area contributed by atoms with Crippen molar-refractivity contribution in [1.82, 2.24) is 5.32 Å². The number of nitrogens with one attached hydrogen (secondary N) is 1. The van der Waals surface area contributed by atoms with Crippen molar-refractivity contribution in [2.75, 3.05) is 12.0 Å². The highest BCUT2D eigenvalue weighted by Gasteiger charge is 2.10. The summed E-state index contributed by atoms with van der Waals surface area (Å²) in [6, 6.07) is 7.58. The summed E-state index contributed by atoms with van der Waals surface area (Å²) in [7, 11) is 0. The summed E-state index contributed by atoms with van der Waals surface area (Å²) >= 11 is 1.80. The molecule has 0 aliphatic carbocycles. The van der Waals surface area contributed by atoms with Gasteiger partial charge in [0.05, 0.1) is 5.56 Å². The van der Waals surface area contributed by atoms with Crippen LogP contribution in [0.1, 0.15) is 29.3 Å². The zero-order valence-electron chi connectivity index (χ0n) is 10.3. The van der Waals surface area contributed by atoms with Gasteiger partial charge >= 0.3 is 5.97 Å². The fourth-order valence-corrected chi connectivity index (χ4v) is 2.42. The van der Waals surface area contributed by atoms with Gasteiger partial charge in [-0.1, -0.05) is 25.1 Å². The van der Waals surface area contributed by atoms with Gasteiger partial charge in [0, 0.05) is 18.3 Å². The highest BCUT2D eigenvalue weighted by atomic mass is 32.2. The number of benzene rings is 1. The number of aromatic carboxylic acids is 1. The Morgan fingerprint density at radius 3 is 2.76 bits per heavy atom. The van der Waals surface area contributed by atoms with E-state index in [0.29, 0.717) is 18.2 Å². The number of carbonyl (C=O) groups is 1. The molecule has 0 heterocycles. The van der Waals surface area contributed by atoms with E-state index < -0.39 is 5.97 Å². The minimum absolute atomic E-state index is 0.388. The number of carboxylic acids is 1. The first-order valence-electron chi connectivity index (χ1n) is 5.72. The molecule has 0 aliphatic heterocycles. The third-order valence-electron chi connectivity index (χ3n) is 2.69. The lowest BCUT2D eigenvalue weighted by Gasteiger charge is -2.16. The summed E-state index contributed by atoms with van der Waals surface area (Å²) in [6.45, 7) is 2.75. The van der Waals surface area contributed by atoms with Gasteiger partial charge in [0.2, 0.25) is 0 Å². The van der Waals surface area contributed by atoms with Crippen LogP contribution in [-0.4, -0.2) is 29.1 Å². The molecular weight excluding hydrogens is 234 g/mol. The maximum Gasteiger partial charge on any atom is 0.336 e. The second-order valence-electron chi connectivity index (χ2n) is 3.90. The number of thioether (sulfide) groups is 1. The Bertz CT molecular complexity index is 368. The molecule has 1 atom stereocenters. The summed E-state index contributed by atoms with van der Waals surface area (Å²) in [6.07, 6.45) is 3.13. The van der Waals surface area contributed by atoms with Crippen LogP contribution < -0.4 is 5.32 Å². The van der Waals surface area contributed by atoms with Crippen LogP contribution in [0.25, 0.3) is 0 Å². The molecule has 0 aromatic heterocycles. The number of hydrogen-bond donors (Lipinski definition) is 2. The van der Waals surface area contributed by atoms with Crippen LogP contribution in [-0.2, 0) is 6.54 Å². The van der Waals surface area contributed by atoms with Crippen LogP contribution in [0.15, 0.2) is 24.3 Å². The summed E-state index contributed by atoms with van der Waals surface area (Å²) < 4.78 is 0. The van der Waals surface area contributed by atoms with Crippen LogP contribution in [0.4, 0.5) is 0 Å². The Kier molecular flexibility index (Phi) is 6.08. The zero-order chi connectivity index (χ0) is 12.7. The first-order valence-corrected chi connectivity index (χ1v) is 7.12. The second-order valence-corrected chi connectivity index (χ2v) is 4.81. The van der Waals surface area contributed by atoms with E-state index in [9.17, 15) is 4.79 Å². The van der Waals surface area contributed by atoms with Crippen molar-refractivity contribution >= 4 is 17.7 Å². The molecule has 0 radical (unpaired) electrons. The molecule has 4 heteroatoms. The maximum atomic E-state index is 11.0. The Morgan fingerprint density at radius 1 is 1.47 bits per heavy atom. The van der Waals surface area contributed by atoms with Gasteiger partial charge in [-0.25, -0.2) is 4.79 Å². The van der Waals surface area contributed by atoms with Gasteiger partial charge < -0.3 is 10.4 Å². The molecule has 3 nitrogen and oxygen atoms in total. The third kappa shape index (κ3) is 4.40. The molecule has 0 spiro atoms. The predicted molar refractivity (Wildman–Crippen MR) is 72.7 cm³/mol. The SMILES string of the molecule is CCC(CSC)NCc1ccccc1C(=O)O. The molecule has 1 rings (SSSR count). The molecule has 0 bridgehead atoms. The lowest BCUT2D eigenvalue weighted by molar-refractivity contribution is 0.0695. The Balaban J connectivity index is 2.65. The normalized spacial score (nSPS) is 12.4. The fraction of sp³-hybridized carbons (Fsp3) is 0.462. The smallest absolute Gasteiger partial charge is 0.336 e. The minimum atomic E-state index is -0.861. The molecule has 0 aliphatic rings. The molecule has 1 aromatic rings. The van der Waals surface area contributed by atoms with Gasteiger partial charge in [0.15, 0.2) is 0 Å². The van der Waals surface area contributed by atoms with Gasteiger partial charge in [-0.15, -0.1) is 0 Å². The molecule has 94 valence electrons. The molecule has 2 N–H and O–H groups in total. The van der Waals surface area contributed by atoms with Crippen LogP contribution >= 0.6 is 11.8 Å². The largest absolute Gasteiger partial charge is 0.478 e. The molecule has 1 unspecified atom stereocenters. The van der Waals surface area contributed by atoms with Crippen molar-refractivity contribution in [2.24, 2.45) is 0 Å². The van der Waals surface area contributed by atoms with Crippen LogP contribution in [0.3, 0.4) is 0 Å². The van der Waals surface area contributed by atoms with Gasteiger partial charge in [-0.05, 0) is 24.3 Å². The van der Waals surface area contributed by atoms with E-state index in [1.807, 2.05) is 12.1 Å². The van der Waals surface area contributed by atoms with Crippen molar-refractivity contribution in [2.45, 2.75) is 25.9 Å². The van der Waals surface area contributed by atoms with Crippen molar-refractivity contribution in [3.8, 4) is 0 Å². The Morgan fingerprint density at radius 2 is 2.18 bits per heavy atom. The van der Waals surface area contributed by atoms with Crippen molar-refractivity contribution in [3.63, 3.8) is 0 Å². The standard InChI is InChI=1S/C13H19NO2S/c1-3-11(9-17-2)14-8-10-6-4-5-7-12(10)13(15)16/h4-7,11,14H,3,8-9H2,1-2H3,(H,15,16). The van der Waals surface area contributed by atoms with Gasteiger partial charge in [0.25, 0.3) is 0 Å². The molecule has 0 saturated heterocycles. The van der Waals surface area contributed by atoms with E-state index in [4.69, 9.17) is 5.11 Å². The van der Waals surface area contributed by atoms with Crippen LogP contribution in [0.5, 0.6) is 0 Å². The molecule has 0 amide bonds. The number of hydrogen-bond acceptors (Lipinski definition) is 3. The van der Waals surface area contributed by atoms with Crippen molar-refractivity contribution in [3.05, 3.63) is 35.4 Å². The van der Waals surface area contributed by atoms with Gasteiger partial charge in [-0.2, -0.15) is 11.8 Å². The lowest BCUT2D eigenvalue weighted by Crippen LogP contribution is -2.30. The Labute approximate surface area is 107 Å². The van der Waals surface area contributed by atoms with Crippen LogP contribution in [0, 0.1) is 0 Å². The summed E-state index contributed by atoms with van der Waals surface area (Å²) in [5.41, 5.74) is 1.23. The third-order valence-corrected chi connectivity index (χ3v) is 3.43. The molecular formula is C13H19NO2S. The predicted octanol–water partition coefficient (Wildman–Crippen LogP) is 2.62. The molecule has 1 aromatic carbocycles. The van der Waals surface area contributed by atoms with E-state index in [2.05, 4.69) is 18.5 Å². The monoisotopic (exact) mass is 253 g/mol. The summed E-state index contributed by atoms with van der Waals surface area (Å²) in [5.74, 6) is 0.187.